The zero-order chi connectivity index (χ0) is 12.5. The molecule has 0 spiro atoms. The summed E-state index contributed by atoms with van der Waals surface area (Å²) in [6.07, 6.45) is 4.16. The molecule has 18 heavy (non-hydrogen) atoms. The molecule has 0 radical (unpaired) electrons. The van der Waals surface area contributed by atoms with Gasteiger partial charge in [-0.1, -0.05) is 18.2 Å². The van der Waals surface area contributed by atoms with Gasteiger partial charge >= 0.3 is 0 Å². The van der Waals surface area contributed by atoms with Gasteiger partial charge in [-0.25, -0.2) is 4.98 Å². The number of rotatable bonds is 1. The van der Waals surface area contributed by atoms with E-state index >= 15 is 0 Å². The molecule has 3 nitrogen and oxygen atoms in total. The maximum absolute atomic E-state index is 5.98. The number of nitrogens with two attached hydrogens (primary N) is 1. The van der Waals surface area contributed by atoms with Gasteiger partial charge in [0.15, 0.2) is 0 Å². The normalized spacial score (nSPS) is 14.4. The van der Waals surface area contributed by atoms with Crippen LogP contribution in [0.15, 0.2) is 36.5 Å². The van der Waals surface area contributed by atoms with Crippen LogP contribution in [0.4, 0.5) is 17.2 Å². The lowest BCUT2D eigenvalue weighted by atomic mass is 10.0. The van der Waals surface area contributed by atoms with E-state index in [4.69, 9.17) is 5.73 Å². The second kappa shape index (κ2) is 4.33. The minimum absolute atomic E-state index is 0.808. The first kappa shape index (κ1) is 11.1. The van der Waals surface area contributed by atoms with Crippen molar-refractivity contribution < 1.29 is 0 Å². The fourth-order valence-corrected chi connectivity index (χ4v) is 2.45. The minimum Gasteiger partial charge on any atom is -0.398 e. The molecule has 1 aliphatic rings. The van der Waals surface area contributed by atoms with Crippen molar-refractivity contribution in [1.82, 2.24) is 4.98 Å². The molecule has 3 rings (SSSR count). The van der Waals surface area contributed by atoms with E-state index in [0.29, 0.717) is 0 Å². The van der Waals surface area contributed by atoms with Crippen LogP contribution in [0.2, 0.25) is 0 Å². The lowest BCUT2D eigenvalue weighted by molar-refractivity contribution is 0.759. The number of hydrogen-bond acceptors (Lipinski definition) is 3. The van der Waals surface area contributed by atoms with Crippen molar-refractivity contribution in [2.45, 2.75) is 19.8 Å². The van der Waals surface area contributed by atoms with Crippen LogP contribution < -0.4 is 10.6 Å². The van der Waals surface area contributed by atoms with Crippen LogP contribution >= 0.6 is 0 Å². The Bertz CT molecular complexity index is 578. The molecule has 2 N–H and O–H groups in total. The number of fused-ring (bicyclic) bond motifs is 1. The molecule has 2 heterocycles. The van der Waals surface area contributed by atoms with Crippen LogP contribution in [0.25, 0.3) is 0 Å². The molecule has 0 fully saturated rings. The Morgan fingerprint density at radius 2 is 2.11 bits per heavy atom. The van der Waals surface area contributed by atoms with Crippen LogP contribution in [0, 0.1) is 6.92 Å². The van der Waals surface area contributed by atoms with E-state index in [1.54, 1.807) is 0 Å². The second-order valence-electron chi connectivity index (χ2n) is 4.78. The summed E-state index contributed by atoms with van der Waals surface area (Å²) in [6, 6.07) is 10.5. The quantitative estimate of drug-likeness (QED) is 0.831. The molecule has 1 aliphatic heterocycles. The molecule has 2 aromatic rings. The standard InChI is InChI=1S/C15H17N3/c1-11-10-17-15(9-13(11)16)18-8-4-6-12-5-2-3-7-14(12)18/h2-3,5,7,9-10H,4,6,8H2,1H3,(H2,16,17). The first-order valence-corrected chi connectivity index (χ1v) is 6.33. The highest BCUT2D eigenvalue weighted by molar-refractivity contribution is 5.68. The van der Waals surface area contributed by atoms with Crippen molar-refractivity contribution in [3.05, 3.63) is 47.7 Å². The van der Waals surface area contributed by atoms with Gasteiger partial charge in [-0.15, -0.1) is 0 Å². The van der Waals surface area contributed by atoms with Crippen LogP contribution in [0.1, 0.15) is 17.5 Å². The maximum Gasteiger partial charge on any atom is 0.134 e. The lowest BCUT2D eigenvalue weighted by Gasteiger charge is -2.30. The highest BCUT2D eigenvalue weighted by Crippen LogP contribution is 2.32. The van der Waals surface area contributed by atoms with E-state index in [-0.39, 0.29) is 0 Å². The van der Waals surface area contributed by atoms with E-state index < -0.39 is 0 Å². The van der Waals surface area contributed by atoms with Crippen molar-refractivity contribution in [3.8, 4) is 0 Å². The monoisotopic (exact) mass is 239 g/mol. The number of aromatic nitrogens is 1. The Balaban J connectivity index is 2.05. The van der Waals surface area contributed by atoms with Crippen LogP contribution in [-0.2, 0) is 6.42 Å². The Morgan fingerprint density at radius 3 is 2.94 bits per heavy atom. The van der Waals surface area contributed by atoms with E-state index in [1.807, 2.05) is 19.2 Å². The van der Waals surface area contributed by atoms with Gasteiger partial charge < -0.3 is 10.6 Å². The summed E-state index contributed by atoms with van der Waals surface area (Å²) in [4.78, 5) is 6.77. The highest BCUT2D eigenvalue weighted by atomic mass is 15.2. The Kier molecular flexibility index (Phi) is 2.67. The van der Waals surface area contributed by atoms with Crippen molar-refractivity contribution in [2.24, 2.45) is 0 Å². The van der Waals surface area contributed by atoms with Crippen LogP contribution in [0.5, 0.6) is 0 Å². The third-order valence-corrected chi connectivity index (χ3v) is 3.52. The fourth-order valence-electron chi connectivity index (χ4n) is 2.45. The molecule has 92 valence electrons. The van der Waals surface area contributed by atoms with Crippen LogP contribution in [0.3, 0.4) is 0 Å². The number of hydrogen-bond donors (Lipinski definition) is 1. The molecule has 0 atom stereocenters. The molecule has 0 unspecified atom stereocenters. The molecule has 0 saturated carbocycles. The largest absolute Gasteiger partial charge is 0.398 e. The Hall–Kier alpha value is -2.03. The number of aryl methyl sites for hydroxylation is 2. The Morgan fingerprint density at radius 1 is 1.28 bits per heavy atom. The summed E-state index contributed by atoms with van der Waals surface area (Å²) >= 11 is 0. The van der Waals surface area contributed by atoms with Gasteiger partial charge in [0.05, 0.1) is 0 Å². The predicted molar refractivity (Wildman–Crippen MR) is 75.2 cm³/mol. The van der Waals surface area contributed by atoms with Crippen LogP contribution in [-0.4, -0.2) is 11.5 Å². The number of para-hydroxylation sites is 1. The fraction of sp³-hybridized carbons (Fsp3) is 0.267. The molecule has 3 heteroatoms. The highest BCUT2D eigenvalue weighted by Gasteiger charge is 2.18. The van der Waals surface area contributed by atoms with Crippen molar-refractivity contribution in [2.75, 3.05) is 17.2 Å². The van der Waals surface area contributed by atoms with Crippen molar-refractivity contribution >= 4 is 17.2 Å². The third kappa shape index (κ3) is 1.82. The van der Waals surface area contributed by atoms with E-state index in [2.05, 4.69) is 34.1 Å². The minimum atomic E-state index is 0.808. The smallest absolute Gasteiger partial charge is 0.134 e. The summed E-state index contributed by atoms with van der Waals surface area (Å²) in [7, 11) is 0. The summed E-state index contributed by atoms with van der Waals surface area (Å²) in [5.74, 6) is 0.949. The molecule has 0 aliphatic carbocycles. The summed E-state index contributed by atoms with van der Waals surface area (Å²) < 4.78 is 0. The molecule has 1 aromatic heterocycles. The maximum atomic E-state index is 5.98. The Labute approximate surface area is 107 Å². The average Bonchev–Trinajstić information content (AvgIpc) is 2.41. The molecule has 0 saturated heterocycles. The number of anilines is 3. The predicted octanol–water partition coefficient (Wildman–Crippen LogP) is 3.06. The van der Waals surface area contributed by atoms with E-state index in [9.17, 15) is 0 Å². The topological polar surface area (TPSA) is 42.2 Å². The van der Waals surface area contributed by atoms with Crippen molar-refractivity contribution in [3.63, 3.8) is 0 Å². The van der Waals surface area contributed by atoms with Gasteiger partial charge in [-0.3, -0.25) is 0 Å². The first-order chi connectivity index (χ1) is 8.75. The van der Waals surface area contributed by atoms with Gasteiger partial charge in [-0.05, 0) is 37.0 Å². The van der Waals surface area contributed by atoms with E-state index in [1.165, 1.54) is 11.3 Å². The number of benzene rings is 1. The van der Waals surface area contributed by atoms with Gasteiger partial charge in [0.1, 0.15) is 5.82 Å². The van der Waals surface area contributed by atoms with E-state index in [0.717, 1.165) is 36.5 Å². The number of pyridine rings is 1. The van der Waals surface area contributed by atoms with Gasteiger partial charge in [0.25, 0.3) is 0 Å². The summed E-state index contributed by atoms with van der Waals surface area (Å²) in [6.45, 7) is 2.99. The van der Waals surface area contributed by atoms with Crippen molar-refractivity contribution in [1.29, 1.82) is 0 Å². The second-order valence-corrected chi connectivity index (χ2v) is 4.78. The SMILES string of the molecule is Cc1cnc(N2CCCc3ccccc32)cc1N. The third-order valence-electron chi connectivity index (χ3n) is 3.52. The van der Waals surface area contributed by atoms with Gasteiger partial charge in [-0.2, -0.15) is 0 Å². The molecule has 0 amide bonds. The summed E-state index contributed by atoms with van der Waals surface area (Å²) in [5, 5.41) is 0. The number of nitrogens with zero attached hydrogens (tertiary/aromatic N) is 2. The first-order valence-electron chi connectivity index (χ1n) is 6.33. The van der Waals surface area contributed by atoms with Gasteiger partial charge in [0.2, 0.25) is 0 Å². The summed E-state index contributed by atoms with van der Waals surface area (Å²) in [5.41, 5.74) is 10.5. The average molecular weight is 239 g/mol. The lowest BCUT2D eigenvalue weighted by Crippen LogP contribution is -2.25. The zero-order valence-corrected chi connectivity index (χ0v) is 10.6. The molecule has 0 bridgehead atoms. The molecular weight excluding hydrogens is 222 g/mol. The molecule has 1 aromatic carbocycles. The van der Waals surface area contributed by atoms with Gasteiger partial charge in [0, 0.05) is 30.2 Å². The number of nitrogen functional groups attached to an aromatic ring is 1. The molecular formula is C15H17N3. The zero-order valence-electron chi connectivity index (χ0n) is 10.6.